The van der Waals surface area contributed by atoms with Crippen molar-refractivity contribution in [1.82, 2.24) is 15.3 Å². The van der Waals surface area contributed by atoms with Gasteiger partial charge in [0.05, 0.1) is 23.5 Å². The van der Waals surface area contributed by atoms with Crippen LogP contribution in [0.2, 0.25) is 0 Å². The molecule has 0 fully saturated rings. The van der Waals surface area contributed by atoms with Crippen molar-refractivity contribution in [3.05, 3.63) is 52.1 Å². The molecule has 2 rings (SSSR count). The molecule has 0 atom stereocenters. The summed E-state index contributed by atoms with van der Waals surface area (Å²) in [5.74, 6) is 4.67. The molecule has 9 nitrogen and oxygen atoms in total. The van der Waals surface area contributed by atoms with Crippen LogP contribution in [0, 0.1) is 10.1 Å². The van der Waals surface area contributed by atoms with Gasteiger partial charge < -0.3 is 15.7 Å². The number of nitro benzene ring substituents is 1. The minimum atomic E-state index is -0.620. The molecule has 0 saturated heterocycles. The highest BCUT2D eigenvalue weighted by atomic mass is 16.6. The van der Waals surface area contributed by atoms with Gasteiger partial charge in [0.2, 0.25) is 0 Å². The highest BCUT2D eigenvalue weighted by Gasteiger charge is 2.20. The third-order valence-electron chi connectivity index (χ3n) is 2.60. The van der Waals surface area contributed by atoms with Crippen molar-refractivity contribution in [3.63, 3.8) is 0 Å². The quantitative estimate of drug-likeness (QED) is 0.357. The van der Waals surface area contributed by atoms with Gasteiger partial charge in [-0.15, -0.1) is 0 Å². The lowest BCUT2D eigenvalue weighted by Gasteiger charge is -2.07. The average molecular weight is 276 g/mol. The molecule has 0 radical (unpaired) electrons. The Bertz CT molecular complexity index is 625. The van der Waals surface area contributed by atoms with E-state index in [-0.39, 0.29) is 17.8 Å². The van der Waals surface area contributed by atoms with Crippen LogP contribution >= 0.6 is 0 Å². The monoisotopic (exact) mass is 276 g/mol. The first-order chi connectivity index (χ1) is 9.61. The Hall–Kier alpha value is -2.94. The zero-order valence-corrected chi connectivity index (χ0v) is 10.3. The van der Waals surface area contributed by atoms with Gasteiger partial charge in [-0.2, -0.15) is 0 Å². The Morgan fingerprint density at radius 3 is 2.90 bits per heavy atom. The number of anilines is 1. The van der Waals surface area contributed by atoms with Crippen molar-refractivity contribution >= 4 is 17.3 Å². The molecular weight excluding hydrogens is 264 g/mol. The van der Waals surface area contributed by atoms with Gasteiger partial charge in [-0.3, -0.25) is 20.8 Å². The molecule has 0 aliphatic rings. The number of nitrogens with zero attached hydrogens (tertiary/aromatic N) is 2. The summed E-state index contributed by atoms with van der Waals surface area (Å²) in [5.41, 5.74) is 3.08. The molecule has 0 unspecified atom stereocenters. The van der Waals surface area contributed by atoms with E-state index in [1.807, 2.05) is 0 Å². The van der Waals surface area contributed by atoms with Crippen LogP contribution in [0.1, 0.15) is 16.1 Å². The Kier molecular flexibility index (Phi) is 3.91. The smallest absolute Gasteiger partial charge is 0.282 e. The van der Waals surface area contributed by atoms with Crippen LogP contribution in [-0.2, 0) is 6.54 Å². The number of benzene rings is 1. The third kappa shape index (κ3) is 2.90. The number of carbonyl (C=O) groups is 1. The molecular formula is C11H12N6O3. The lowest BCUT2D eigenvalue weighted by Crippen LogP contribution is -2.24. The van der Waals surface area contributed by atoms with E-state index in [9.17, 15) is 14.9 Å². The first-order valence-corrected chi connectivity index (χ1v) is 5.62. The summed E-state index contributed by atoms with van der Waals surface area (Å²) in [6, 6.07) is 3.96. The number of hydrogen-bond donors (Lipinski definition) is 4. The molecule has 1 aromatic heterocycles. The Morgan fingerprint density at radius 1 is 1.50 bits per heavy atom. The van der Waals surface area contributed by atoms with Crippen LogP contribution in [0.15, 0.2) is 30.7 Å². The standard InChI is InChI=1S/C11H12N6O3/c12-16-7-1-2-10(17(19)20)9(3-7)11(18)14-5-8-4-13-6-15-8/h1-4,6,16H,5,12H2,(H,13,15)(H,14,18). The summed E-state index contributed by atoms with van der Waals surface area (Å²) >= 11 is 0. The van der Waals surface area contributed by atoms with Crippen molar-refractivity contribution in [3.8, 4) is 0 Å². The number of imidazole rings is 1. The molecule has 0 aliphatic carbocycles. The van der Waals surface area contributed by atoms with Crippen molar-refractivity contribution in [2.24, 2.45) is 5.84 Å². The van der Waals surface area contributed by atoms with E-state index in [1.165, 1.54) is 24.5 Å². The number of rotatable bonds is 5. The normalized spacial score (nSPS) is 10.1. The van der Waals surface area contributed by atoms with E-state index in [2.05, 4.69) is 20.7 Å². The van der Waals surface area contributed by atoms with Crippen LogP contribution in [0.4, 0.5) is 11.4 Å². The molecule has 20 heavy (non-hydrogen) atoms. The van der Waals surface area contributed by atoms with E-state index < -0.39 is 10.8 Å². The van der Waals surface area contributed by atoms with Crippen LogP contribution in [0.5, 0.6) is 0 Å². The van der Waals surface area contributed by atoms with Crippen LogP contribution in [-0.4, -0.2) is 20.8 Å². The number of nitrogens with two attached hydrogens (primary N) is 1. The van der Waals surface area contributed by atoms with E-state index in [0.717, 1.165) is 0 Å². The van der Waals surface area contributed by atoms with Gasteiger partial charge >= 0.3 is 0 Å². The predicted octanol–water partition coefficient (Wildman–Crippen LogP) is 0.533. The second-order valence-corrected chi connectivity index (χ2v) is 3.89. The van der Waals surface area contributed by atoms with Crippen molar-refractivity contribution in [1.29, 1.82) is 0 Å². The number of aromatic amines is 1. The summed E-state index contributed by atoms with van der Waals surface area (Å²) < 4.78 is 0. The molecule has 1 aromatic carbocycles. The van der Waals surface area contributed by atoms with Crippen LogP contribution in [0.25, 0.3) is 0 Å². The molecule has 2 aromatic rings. The van der Waals surface area contributed by atoms with Crippen LogP contribution in [0.3, 0.4) is 0 Å². The molecule has 9 heteroatoms. The Labute approximate surface area is 113 Å². The zero-order chi connectivity index (χ0) is 14.5. The molecule has 0 saturated carbocycles. The van der Waals surface area contributed by atoms with Gasteiger partial charge in [-0.25, -0.2) is 4.98 Å². The van der Waals surface area contributed by atoms with E-state index in [1.54, 1.807) is 6.20 Å². The second-order valence-electron chi connectivity index (χ2n) is 3.89. The van der Waals surface area contributed by atoms with Gasteiger partial charge in [0.25, 0.3) is 11.6 Å². The second kappa shape index (κ2) is 5.80. The molecule has 0 aliphatic heterocycles. The number of nitrogen functional groups attached to an aromatic ring is 1. The maximum atomic E-state index is 12.0. The molecule has 1 amide bonds. The first kappa shape index (κ1) is 13.5. The maximum absolute atomic E-state index is 12.0. The SMILES string of the molecule is NNc1ccc([N+](=O)[O-])c(C(=O)NCc2cnc[nH]2)c1. The lowest BCUT2D eigenvalue weighted by atomic mass is 10.1. The zero-order valence-electron chi connectivity index (χ0n) is 10.3. The fraction of sp³-hybridized carbons (Fsp3) is 0.0909. The molecule has 1 heterocycles. The van der Waals surface area contributed by atoms with Gasteiger partial charge in [0.15, 0.2) is 0 Å². The summed E-state index contributed by atoms with van der Waals surface area (Å²) in [4.78, 5) is 28.9. The Balaban J connectivity index is 2.20. The molecule has 0 bridgehead atoms. The molecule has 104 valence electrons. The van der Waals surface area contributed by atoms with Crippen molar-refractivity contribution < 1.29 is 9.72 Å². The highest BCUT2D eigenvalue weighted by Crippen LogP contribution is 2.22. The predicted molar refractivity (Wildman–Crippen MR) is 70.7 cm³/mol. The van der Waals surface area contributed by atoms with Gasteiger partial charge in [-0.05, 0) is 12.1 Å². The number of carbonyl (C=O) groups excluding carboxylic acids is 1. The third-order valence-corrected chi connectivity index (χ3v) is 2.60. The van der Waals surface area contributed by atoms with Gasteiger partial charge in [0, 0.05) is 18.0 Å². The number of hydrazine groups is 1. The number of hydrogen-bond acceptors (Lipinski definition) is 6. The fourth-order valence-electron chi connectivity index (χ4n) is 1.62. The highest BCUT2D eigenvalue weighted by molar-refractivity contribution is 5.99. The molecule has 5 N–H and O–H groups in total. The fourth-order valence-corrected chi connectivity index (χ4v) is 1.62. The van der Waals surface area contributed by atoms with E-state index >= 15 is 0 Å². The lowest BCUT2D eigenvalue weighted by molar-refractivity contribution is -0.385. The summed E-state index contributed by atoms with van der Waals surface area (Å²) in [6.45, 7) is 0.191. The summed E-state index contributed by atoms with van der Waals surface area (Å²) in [7, 11) is 0. The minimum absolute atomic E-state index is 0.0648. The van der Waals surface area contributed by atoms with Gasteiger partial charge in [0.1, 0.15) is 5.56 Å². The maximum Gasteiger partial charge on any atom is 0.282 e. The minimum Gasteiger partial charge on any atom is -0.347 e. The van der Waals surface area contributed by atoms with E-state index in [0.29, 0.717) is 11.4 Å². The van der Waals surface area contributed by atoms with Crippen molar-refractivity contribution in [2.45, 2.75) is 6.54 Å². The van der Waals surface area contributed by atoms with Crippen molar-refractivity contribution in [2.75, 3.05) is 5.43 Å². The summed E-state index contributed by atoms with van der Waals surface area (Å²) in [6.07, 6.45) is 3.02. The topological polar surface area (TPSA) is 139 Å². The Morgan fingerprint density at radius 2 is 2.30 bits per heavy atom. The number of aromatic nitrogens is 2. The first-order valence-electron chi connectivity index (χ1n) is 5.62. The van der Waals surface area contributed by atoms with E-state index in [4.69, 9.17) is 5.84 Å². The largest absolute Gasteiger partial charge is 0.347 e. The molecule has 0 spiro atoms. The summed E-state index contributed by atoms with van der Waals surface area (Å²) in [5, 5.41) is 13.5. The number of nitrogens with one attached hydrogen (secondary N) is 3. The van der Waals surface area contributed by atoms with Crippen LogP contribution < -0.4 is 16.6 Å². The number of nitro groups is 1. The average Bonchev–Trinajstić information content (AvgIpc) is 2.97. The van der Waals surface area contributed by atoms with Gasteiger partial charge in [-0.1, -0.05) is 0 Å². The number of H-pyrrole nitrogens is 1. The number of amides is 1.